The van der Waals surface area contributed by atoms with Crippen LogP contribution in [0, 0.1) is 19.8 Å². The number of hydrogen-bond acceptors (Lipinski definition) is 4. The minimum absolute atomic E-state index is 0.259. The molecule has 1 aromatic heterocycles. The van der Waals surface area contributed by atoms with Gasteiger partial charge >= 0.3 is 0 Å². The van der Waals surface area contributed by atoms with Crippen LogP contribution in [0.2, 0.25) is 0 Å². The normalized spacial score (nSPS) is 19.7. The quantitative estimate of drug-likeness (QED) is 0.872. The third-order valence-electron chi connectivity index (χ3n) is 4.13. The van der Waals surface area contributed by atoms with Gasteiger partial charge in [0.2, 0.25) is 10.0 Å². The second kappa shape index (κ2) is 4.29. The molecule has 0 aromatic carbocycles. The first-order valence-electron chi connectivity index (χ1n) is 6.39. The maximum Gasteiger partial charge on any atom is 0.246 e. The summed E-state index contributed by atoms with van der Waals surface area (Å²) in [5, 5.41) is 4.17. The van der Waals surface area contributed by atoms with Crippen LogP contribution in [0.15, 0.2) is 4.90 Å². The molecule has 1 aliphatic heterocycles. The predicted molar refractivity (Wildman–Crippen MR) is 73.2 cm³/mol. The molecule has 2 N–H and O–H groups in total. The third kappa shape index (κ3) is 2.09. The van der Waals surface area contributed by atoms with E-state index >= 15 is 0 Å². The molecule has 1 fully saturated rings. The lowest BCUT2D eigenvalue weighted by molar-refractivity contribution is 0.110. The van der Waals surface area contributed by atoms with Crippen LogP contribution in [0.25, 0.3) is 0 Å². The highest BCUT2D eigenvalue weighted by molar-refractivity contribution is 7.89. The van der Waals surface area contributed by atoms with Crippen molar-refractivity contribution in [3.8, 4) is 0 Å². The van der Waals surface area contributed by atoms with Crippen molar-refractivity contribution in [2.45, 2.75) is 38.1 Å². The summed E-state index contributed by atoms with van der Waals surface area (Å²) in [6, 6.07) is 0. The maximum absolute atomic E-state index is 12.6. The van der Waals surface area contributed by atoms with Crippen LogP contribution in [0.1, 0.15) is 25.2 Å². The van der Waals surface area contributed by atoms with Gasteiger partial charge in [-0.15, -0.1) is 0 Å². The van der Waals surface area contributed by atoms with Gasteiger partial charge in [0.1, 0.15) is 4.90 Å². The van der Waals surface area contributed by atoms with Gasteiger partial charge in [0.05, 0.1) is 11.4 Å². The molecule has 0 unspecified atom stereocenters. The van der Waals surface area contributed by atoms with Crippen LogP contribution in [0.4, 0.5) is 0 Å². The largest absolute Gasteiger partial charge is 0.323 e. The third-order valence-corrected chi connectivity index (χ3v) is 6.18. The standard InChI is InChI=1S/C12H22N4O2S/c1-8(2)12(13)6-16(7-12)19(17,18)11-9(3)14-15(5)10(11)4/h8H,6-7,13H2,1-5H3. The van der Waals surface area contributed by atoms with E-state index in [2.05, 4.69) is 5.10 Å². The van der Waals surface area contributed by atoms with Crippen molar-refractivity contribution in [2.75, 3.05) is 13.1 Å². The number of aryl methyl sites for hydroxylation is 2. The average Bonchev–Trinajstić information content (AvgIpc) is 2.48. The minimum Gasteiger partial charge on any atom is -0.323 e. The number of nitrogens with zero attached hydrogens (tertiary/aromatic N) is 3. The second-order valence-electron chi connectivity index (χ2n) is 5.78. The van der Waals surface area contributed by atoms with Gasteiger partial charge < -0.3 is 5.73 Å². The van der Waals surface area contributed by atoms with E-state index in [4.69, 9.17) is 5.73 Å². The molecule has 0 radical (unpaired) electrons. The van der Waals surface area contributed by atoms with Gasteiger partial charge in [-0.25, -0.2) is 8.42 Å². The summed E-state index contributed by atoms with van der Waals surface area (Å²) in [5.74, 6) is 0.259. The summed E-state index contributed by atoms with van der Waals surface area (Å²) >= 11 is 0. The maximum atomic E-state index is 12.6. The zero-order chi connectivity index (χ0) is 14.6. The van der Waals surface area contributed by atoms with E-state index in [-0.39, 0.29) is 5.92 Å². The lowest BCUT2D eigenvalue weighted by Crippen LogP contribution is -2.70. The molecule has 1 aromatic rings. The van der Waals surface area contributed by atoms with E-state index < -0.39 is 15.6 Å². The molecule has 6 nitrogen and oxygen atoms in total. The molecule has 2 rings (SSSR count). The fourth-order valence-corrected chi connectivity index (χ4v) is 4.40. The monoisotopic (exact) mass is 286 g/mol. The van der Waals surface area contributed by atoms with Crippen molar-refractivity contribution in [3.63, 3.8) is 0 Å². The smallest absolute Gasteiger partial charge is 0.246 e. The summed E-state index contributed by atoms with van der Waals surface area (Å²) in [6.45, 7) is 8.28. The van der Waals surface area contributed by atoms with Gasteiger partial charge in [-0.05, 0) is 19.8 Å². The fraction of sp³-hybridized carbons (Fsp3) is 0.750. The number of nitrogens with two attached hydrogens (primary N) is 1. The summed E-state index contributed by atoms with van der Waals surface area (Å²) in [4.78, 5) is 0.320. The molecule has 2 heterocycles. The molecule has 1 aliphatic rings. The van der Waals surface area contributed by atoms with E-state index in [1.807, 2.05) is 13.8 Å². The van der Waals surface area contributed by atoms with Crippen molar-refractivity contribution in [3.05, 3.63) is 11.4 Å². The number of aromatic nitrogens is 2. The average molecular weight is 286 g/mol. The molecular formula is C12H22N4O2S. The zero-order valence-electron chi connectivity index (χ0n) is 12.1. The van der Waals surface area contributed by atoms with Crippen LogP contribution in [-0.2, 0) is 17.1 Å². The second-order valence-corrected chi connectivity index (χ2v) is 7.66. The number of sulfonamides is 1. The molecule has 19 heavy (non-hydrogen) atoms. The van der Waals surface area contributed by atoms with Crippen LogP contribution in [-0.4, -0.2) is 41.1 Å². The van der Waals surface area contributed by atoms with E-state index in [1.165, 1.54) is 4.31 Å². The van der Waals surface area contributed by atoms with Crippen molar-refractivity contribution >= 4 is 10.0 Å². The van der Waals surface area contributed by atoms with Crippen LogP contribution < -0.4 is 5.73 Å². The van der Waals surface area contributed by atoms with Crippen LogP contribution >= 0.6 is 0 Å². The van der Waals surface area contributed by atoms with Gasteiger partial charge in [0, 0.05) is 25.7 Å². The van der Waals surface area contributed by atoms with E-state index in [0.717, 1.165) is 0 Å². The van der Waals surface area contributed by atoms with Gasteiger partial charge in [-0.2, -0.15) is 9.40 Å². The van der Waals surface area contributed by atoms with Crippen molar-refractivity contribution < 1.29 is 8.42 Å². The van der Waals surface area contributed by atoms with Crippen LogP contribution in [0.5, 0.6) is 0 Å². The van der Waals surface area contributed by atoms with E-state index in [1.54, 1.807) is 25.6 Å². The summed E-state index contributed by atoms with van der Waals surface area (Å²) in [7, 11) is -1.73. The topological polar surface area (TPSA) is 81.2 Å². The highest BCUT2D eigenvalue weighted by atomic mass is 32.2. The zero-order valence-corrected chi connectivity index (χ0v) is 13.0. The molecule has 0 bridgehead atoms. The Kier molecular flexibility index (Phi) is 3.27. The summed E-state index contributed by atoms with van der Waals surface area (Å²) in [6.07, 6.45) is 0. The van der Waals surface area contributed by atoms with Gasteiger partial charge in [-0.1, -0.05) is 13.8 Å². The molecule has 0 saturated carbocycles. The first kappa shape index (κ1) is 14.5. The van der Waals surface area contributed by atoms with Gasteiger partial charge in [0.15, 0.2) is 0 Å². The lowest BCUT2D eigenvalue weighted by atomic mass is 9.82. The predicted octanol–water partition coefficient (Wildman–Crippen LogP) is 0.395. The number of rotatable bonds is 3. The molecule has 108 valence electrons. The number of hydrogen-bond donors (Lipinski definition) is 1. The first-order valence-corrected chi connectivity index (χ1v) is 7.83. The van der Waals surface area contributed by atoms with Crippen LogP contribution in [0.3, 0.4) is 0 Å². The molecule has 7 heteroatoms. The first-order chi connectivity index (χ1) is 8.59. The fourth-order valence-electron chi connectivity index (χ4n) is 2.40. The lowest BCUT2D eigenvalue weighted by Gasteiger charge is -2.49. The van der Waals surface area contributed by atoms with E-state index in [0.29, 0.717) is 29.4 Å². The van der Waals surface area contributed by atoms with Crippen molar-refractivity contribution in [1.29, 1.82) is 0 Å². The Morgan fingerprint density at radius 2 is 1.84 bits per heavy atom. The summed E-state index contributed by atoms with van der Waals surface area (Å²) < 4.78 is 28.2. The van der Waals surface area contributed by atoms with Crippen molar-refractivity contribution in [2.24, 2.45) is 18.7 Å². The van der Waals surface area contributed by atoms with Crippen molar-refractivity contribution in [1.82, 2.24) is 14.1 Å². The molecule has 0 aliphatic carbocycles. The molecule has 0 atom stereocenters. The molecule has 0 amide bonds. The Bertz CT molecular complexity index is 597. The van der Waals surface area contributed by atoms with Gasteiger partial charge in [-0.3, -0.25) is 4.68 Å². The highest BCUT2D eigenvalue weighted by Gasteiger charge is 2.48. The Morgan fingerprint density at radius 1 is 1.32 bits per heavy atom. The SMILES string of the molecule is Cc1nn(C)c(C)c1S(=O)(=O)N1CC(N)(C(C)C)C1. The Balaban J connectivity index is 2.32. The summed E-state index contributed by atoms with van der Waals surface area (Å²) in [5.41, 5.74) is 6.96. The van der Waals surface area contributed by atoms with Gasteiger partial charge in [0.25, 0.3) is 0 Å². The highest BCUT2D eigenvalue weighted by Crippen LogP contribution is 2.33. The molecular weight excluding hydrogens is 264 g/mol. The molecule has 1 saturated heterocycles. The Hall–Kier alpha value is -0.920. The minimum atomic E-state index is -3.48. The Labute approximate surface area is 114 Å². The molecule has 0 spiro atoms. The van der Waals surface area contributed by atoms with E-state index in [9.17, 15) is 8.42 Å². The Morgan fingerprint density at radius 3 is 2.21 bits per heavy atom.